The van der Waals surface area contributed by atoms with Crippen LogP contribution in [0.3, 0.4) is 0 Å². The quantitative estimate of drug-likeness (QED) is 0.572. The number of carbonyl (C=O) groups is 2. The highest BCUT2D eigenvalue weighted by Crippen LogP contribution is 2.34. The van der Waals surface area contributed by atoms with Gasteiger partial charge in [-0.25, -0.2) is 13.2 Å². The Bertz CT molecular complexity index is 296. The minimum absolute atomic E-state index is 0.413. The molecule has 0 spiro atoms. The summed E-state index contributed by atoms with van der Waals surface area (Å²) < 4.78 is 38.9. The van der Waals surface area contributed by atoms with Gasteiger partial charge in [0, 0.05) is 0 Å². The van der Waals surface area contributed by atoms with E-state index in [0.717, 1.165) is 0 Å². The lowest BCUT2D eigenvalue weighted by atomic mass is 9.81. The highest BCUT2D eigenvalue weighted by molar-refractivity contribution is 6.39. The summed E-state index contributed by atoms with van der Waals surface area (Å²) >= 11 is 0. The molecule has 1 saturated carbocycles. The lowest BCUT2D eigenvalue weighted by molar-refractivity contribution is -0.137. The van der Waals surface area contributed by atoms with E-state index in [1.165, 1.54) is 0 Å². The fourth-order valence-electron chi connectivity index (χ4n) is 1.98. The molecule has 6 heteroatoms. The van der Waals surface area contributed by atoms with E-state index in [2.05, 4.69) is 0 Å². The van der Waals surface area contributed by atoms with Gasteiger partial charge in [-0.3, -0.25) is 9.59 Å². The predicted octanol–water partition coefficient (Wildman–Crippen LogP) is 0.0881. The van der Waals surface area contributed by atoms with Gasteiger partial charge in [-0.1, -0.05) is 0 Å². The van der Waals surface area contributed by atoms with Crippen LogP contribution in [-0.4, -0.2) is 36.2 Å². The summed E-state index contributed by atoms with van der Waals surface area (Å²) in [6.07, 6.45) is -6.78. The monoisotopic (exact) mass is 207 g/mol. The number of amides is 1. The van der Waals surface area contributed by atoms with E-state index in [1.54, 1.807) is 0 Å². The minimum Gasteiger partial charge on any atom is -0.343 e. The summed E-state index contributed by atoms with van der Waals surface area (Å²) in [6, 6.07) is -1.18. The lowest BCUT2D eigenvalue weighted by Crippen LogP contribution is -2.51. The van der Waals surface area contributed by atoms with Crippen molar-refractivity contribution in [3.8, 4) is 0 Å². The first kappa shape index (κ1) is 9.48. The number of halogens is 3. The maximum Gasteiger partial charge on any atom is 0.288 e. The van der Waals surface area contributed by atoms with Crippen molar-refractivity contribution in [1.82, 2.24) is 5.32 Å². The summed E-state index contributed by atoms with van der Waals surface area (Å²) in [5, 5.41) is 2.04. The highest BCUT2D eigenvalue weighted by atomic mass is 19.2. The first-order chi connectivity index (χ1) is 6.52. The van der Waals surface area contributed by atoms with Gasteiger partial charge >= 0.3 is 0 Å². The second-order valence-electron chi connectivity index (χ2n) is 3.61. The Morgan fingerprint density at radius 2 is 1.79 bits per heavy atom. The second-order valence-corrected chi connectivity index (χ2v) is 3.61. The van der Waals surface area contributed by atoms with Crippen LogP contribution >= 0.6 is 0 Å². The number of nitrogens with one attached hydrogen (secondary N) is 1. The van der Waals surface area contributed by atoms with Crippen LogP contribution in [0.1, 0.15) is 6.42 Å². The molecule has 1 amide bonds. The van der Waals surface area contributed by atoms with Crippen LogP contribution in [-0.2, 0) is 9.59 Å². The van der Waals surface area contributed by atoms with Crippen molar-refractivity contribution in [2.45, 2.75) is 31.0 Å². The first-order valence-corrected chi connectivity index (χ1v) is 4.29. The van der Waals surface area contributed by atoms with Crippen LogP contribution in [0.5, 0.6) is 0 Å². The molecule has 5 unspecified atom stereocenters. The molecule has 2 fully saturated rings. The van der Waals surface area contributed by atoms with E-state index in [1.807, 2.05) is 5.32 Å². The van der Waals surface area contributed by atoms with Gasteiger partial charge in [0.25, 0.3) is 5.91 Å². The van der Waals surface area contributed by atoms with Crippen LogP contribution < -0.4 is 5.32 Å². The molecule has 0 radical (unpaired) electrons. The van der Waals surface area contributed by atoms with Gasteiger partial charge in [0.1, 0.15) is 6.17 Å². The van der Waals surface area contributed by atoms with Crippen molar-refractivity contribution in [2.75, 3.05) is 0 Å². The normalized spacial score (nSPS) is 47.5. The average Bonchev–Trinajstić information content (AvgIpc) is 2.42. The zero-order valence-corrected chi connectivity index (χ0v) is 7.04. The van der Waals surface area contributed by atoms with Crippen molar-refractivity contribution < 1.29 is 22.8 Å². The molecule has 1 heterocycles. The van der Waals surface area contributed by atoms with Crippen molar-refractivity contribution in [2.24, 2.45) is 5.92 Å². The summed E-state index contributed by atoms with van der Waals surface area (Å²) in [5.41, 5.74) is 0. The highest BCUT2D eigenvalue weighted by Gasteiger charge is 2.54. The maximum absolute atomic E-state index is 13.1. The third kappa shape index (κ3) is 1.13. The Balaban J connectivity index is 2.25. The molecule has 1 N–H and O–H groups in total. The second kappa shape index (κ2) is 2.96. The molecule has 2 rings (SSSR count). The van der Waals surface area contributed by atoms with Crippen molar-refractivity contribution >= 4 is 11.7 Å². The number of Topliss-reactive ketones (excluding diaryl/α,β-unsaturated/α-hetero) is 1. The topological polar surface area (TPSA) is 46.2 Å². The van der Waals surface area contributed by atoms with Gasteiger partial charge in [0.05, 0.1) is 12.0 Å². The van der Waals surface area contributed by atoms with Gasteiger partial charge in [0.15, 0.2) is 12.3 Å². The summed E-state index contributed by atoms with van der Waals surface area (Å²) in [7, 11) is 0. The summed E-state index contributed by atoms with van der Waals surface area (Å²) in [6.45, 7) is 0. The number of ketones is 1. The number of hydrogen-bond donors (Lipinski definition) is 1. The zero-order chi connectivity index (χ0) is 10.5. The molecule has 1 aliphatic heterocycles. The smallest absolute Gasteiger partial charge is 0.288 e. The minimum atomic E-state index is -2.25. The van der Waals surface area contributed by atoms with E-state index in [9.17, 15) is 22.8 Å². The van der Waals surface area contributed by atoms with Gasteiger partial charge < -0.3 is 5.32 Å². The Morgan fingerprint density at radius 3 is 2.43 bits per heavy atom. The number of carbonyl (C=O) groups excluding carboxylic acids is 2. The molecule has 5 atom stereocenters. The van der Waals surface area contributed by atoms with Crippen molar-refractivity contribution in [3.05, 3.63) is 0 Å². The molecule has 0 bridgehead atoms. The first-order valence-electron chi connectivity index (χ1n) is 4.29. The predicted molar refractivity (Wildman–Crippen MR) is 39.7 cm³/mol. The van der Waals surface area contributed by atoms with Crippen LogP contribution in [0, 0.1) is 5.92 Å². The van der Waals surface area contributed by atoms with Crippen LogP contribution in [0.4, 0.5) is 13.2 Å². The van der Waals surface area contributed by atoms with Gasteiger partial charge in [-0.05, 0) is 6.42 Å². The Morgan fingerprint density at radius 1 is 1.14 bits per heavy atom. The summed E-state index contributed by atoms with van der Waals surface area (Å²) in [4.78, 5) is 21.9. The SMILES string of the molecule is O=C1NC2C(CC(F)C(F)C2F)C1=O. The van der Waals surface area contributed by atoms with E-state index < -0.39 is 48.6 Å². The third-order valence-electron chi connectivity index (χ3n) is 2.76. The summed E-state index contributed by atoms with van der Waals surface area (Å²) in [5.74, 6) is -2.82. The molecule has 1 saturated heterocycles. The molecule has 2 aliphatic rings. The lowest BCUT2D eigenvalue weighted by Gasteiger charge is -2.31. The van der Waals surface area contributed by atoms with Crippen LogP contribution in [0.15, 0.2) is 0 Å². The van der Waals surface area contributed by atoms with E-state index in [-0.39, 0.29) is 0 Å². The molecular formula is C8H8F3NO2. The molecule has 78 valence electrons. The Hall–Kier alpha value is -1.07. The third-order valence-corrected chi connectivity index (χ3v) is 2.76. The maximum atomic E-state index is 13.1. The Labute approximate surface area is 77.7 Å². The average molecular weight is 207 g/mol. The largest absolute Gasteiger partial charge is 0.343 e. The van der Waals surface area contributed by atoms with Gasteiger partial charge in [0.2, 0.25) is 5.78 Å². The number of fused-ring (bicyclic) bond motifs is 1. The molecular weight excluding hydrogens is 199 g/mol. The number of hydrogen-bond acceptors (Lipinski definition) is 2. The number of alkyl halides is 3. The molecule has 0 aromatic carbocycles. The van der Waals surface area contributed by atoms with Crippen LogP contribution in [0.25, 0.3) is 0 Å². The van der Waals surface area contributed by atoms with Crippen molar-refractivity contribution in [3.63, 3.8) is 0 Å². The molecule has 0 aromatic rings. The van der Waals surface area contributed by atoms with Crippen LogP contribution in [0.2, 0.25) is 0 Å². The Kier molecular flexibility index (Phi) is 2.01. The van der Waals surface area contributed by atoms with E-state index in [4.69, 9.17) is 0 Å². The van der Waals surface area contributed by atoms with E-state index in [0.29, 0.717) is 0 Å². The zero-order valence-electron chi connectivity index (χ0n) is 7.04. The molecule has 3 nitrogen and oxygen atoms in total. The van der Waals surface area contributed by atoms with Crippen molar-refractivity contribution in [1.29, 1.82) is 0 Å². The standard InChI is InChI=1S/C8H8F3NO2/c9-3-1-2-6(5(11)4(3)10)12-8(14)7(2)13/h2-6H,1H2,(H,12,14). The number of rotatable bonds is 0. The fraction of sp³-hybridized carbons (Fsp3) is 0.750. The molecule has 14 heavy (non-hydrogen) atoms. The fourth-order valence-corrected chi connectivity index (χ4v) is 1.98. The van der Waals surface area contributed by atoms with Gasteiger partial charge in [-0.2, -0.15) is 0 Å². The molecule has 0 aromatic heterocycles. The van der Waals surface area contributed by atoms with Gasteiger partial charge in [-0.15, -0.1) is 0 Å². The van der Waals surface area contributed by atoms with E-state index >= 15 is 0 Å². The molecule has 1 aliphatic carbocycles.